The zero-order chi connectivity index (χ0) is 12.1. The minimum absolute atomic E-state index is 0.0707. The minimum atomic E-state index is -3.13. The van der Waals surface area contributed by atoms with Crippen LogP contribution < -0.4 is 17.2 Å². The Hall–Kier alpha value is -1.44. The number of carbonyl (C=O) groups is 1. The second-order valence-corrected chi connectivity index (χ2v) is 3.06. The summed E-state index contributed by atoms with van der Waals surface area (Å²) < 4.78 is 24.7. The number of hydrogen-bond donors (Lipinski definition) is 4. The van der Waals surface area contributed by atoms with Gasteiger partial charge in [-0.25, -0.2) is 13.6 Å². The van der Waals surface area contributed by atoms with E-state index < -0.39 is 24.4 Å². The fourth-order valence-electron chi connectivity index (χ4n) is 0.889. The lowest BCUT2D eigenvalue weighted by Gasteiger charge is -2.22. The van der Waals surface area contributed by atoms with Crippen molar-refractivity contribution in [3.8, 4) is 0 Å². The van der Waals surface area contributed by atoms with Crippen LogP contribution in [0, 0.1) is 0 Å². The summed E-state index contributed by atoms with van der Waals surface area (Å²) in [6.45, 7) is 0.0707. The summed E-state index contributed by atoms with van der Waals surface area (Å²) in [7, 11) is 0. The van der Waals surface area contributed by atoms with Crippen molar-refractivity contribution in [3.63, 3.8) is 0 Å². The summed E-state index contributed by atoms with van der Waals surface area (Å²) in [6.07, 6.45) is -3.45. The molecule has 0 aromatic heterocycles. The zero-order valence-corrected chi connectivity index (χ0v) is 7.99. The van der Waals surface area contributed by atoms with Crippen LogP contribution >= 0.6 is 0 Å². The van der Waals surface area contributed by atoms with Crippen LogP contribution in [0.4, 0.5) is 8.78 Å². The average Bonchev–Trinajstić information content (AvgIpc) is 2.10. The Balaban J connectivity index is 4.21. The van der Waals surface area contributed by atoms with Gasteiger partial charge in [0, 0.05) is 6.54 Å². The fourth-order valence-corrected chi connectivity index (χ4v) is 0.889. The molecule has 1 atom stereocenters. The molecule has 0 amide bonds. The fraction of sp³-hybridized carbons (Fsp3) is 0.714. The Bertz CT molecular complexity index is 255. The van der Waals surface area contributed by atoms with E-state index in [-0.39, 0.29) is 18.9 Å². The van der Waals surface area contributed by atoms with Gasteiger partial charge in [0.1, 0.15) is 0 Å². The van der Waals surface area contributed by atoms with Crippen LogP contribution in [0.5, 0.6) is 0 Å². The number of carboxylic acids is 1. The van der Waals surface area contributed by atoms with E-state index in [9.17, 15) is 13.6 Å². The number of guanidine groups is 1. The molecule has 0 aliphatic carbocycles. The summed E-state index contributed by atoms with van der Waals surface area (Å²) >= 11 is 0. The third kappa shape index (κ3) is 4.07. The lowest BCUT2D eigenvalue weighted by Crippen LogP contribution is -2.54. The first-order valence-corrected chi connectivity index (χ1v) is 4.16. The maximum absolute atomic E-state index is 12.3. The van der Waals surface area contributed by atoms with Gasteiger partial charge >= 0.3 is 5.97 Å². The number of nitrogens with two attached hydrogens (primary N) is 3. The van der Waals surface area contributed by atoms with Gasteiger partial charge in [0.15, 0.2) is 11.5 Å². The van der Waals surface area contributed by atoms with Gasteiger partial charge in [0.25, 0.3) is 6.43 Å². The molecular formula is C7H14F2N4O2. The molecule has 7 N–H and O–H groups in total. The predicted molar refractivity (Wildman–Crippen MR) is 50.5 cm³/mol. The Kier molecular flexibility index (Phi) is 4.92. The number of carboxylic acid groups (broad SMARTS) is 1. The van der Waals surface area contributed by atoms with Gasteiger partial charge in [-0.3, -0.25) is 4.99 Å². The summed E-state index contributed by atoms with van der Waals surface area (Å²) in [5.41, 5.74) is 12.5. The summed E-state index contributed by atoms with van der Waals surface area (Å²) in [6, 6.07) is 0. The molecule has 0 radical (unpaired) electrons. The van der Waals surface area contributed by atoms with Crippen LogP contribution in [-0.4, -0.2) is 35.5 Å². The molecule has 8 heteroatoms. The van der Waals surface area contributed by atoms with Crippen molar-refractivity contribution in [1.82, 2.24) is 0 Å². The molecule has 0 bridgehead atoms. The number of nitrogens with zero attached hydrogens (tertiary/aromatic N) is 1. The molecule has 88 valence electrons. The van der Waals surface area contributed by atoms with E-state index in [1.807, 2.05) is 0 Å². The summed E-state index contributed by atoms with van der Waals surface area (Å²) in [4.78, 5) is 14.0. The molecular weight excluding hydrogens is 210 g/mol. The van der Waals surface area contributed by atoms with Gasteiger partial charge < -0.3 is 22.3 Å². The van der Waals surface area contributed by atoms with Crippen molar-refractivity contribution >= 4 is 11.9 Å². The van der Waals surface area contributed by atoms with Gasteiger partial charge in [-0.05, 0) is 12.8 Å². The monoisotopic (exact) mass is 224 g/mol. The minimum Gasteiger partial charge on any atom is -0.480 e. The summed E-state index contributed by atoms with van der Waals surface area (Å²) in [5, 5.41) is 8.52. The first-order valence-electron chi connectivity index (χ1n) is 4.16. The van der Waals surface area contributed by atoms with E-state index in [1.165, 1.54) is 0 Å². The van der Waals surface area contributed by atoms with E-state index in [0.717, 1.165) is 0 Å². The number of aliphatic imine (C=N–C) groups is 1. The largest absolute Gasteiger partial charge is 0.480 e. The first-order chi connectivity index (χ1) is 6.80. The molecule has 0 aliphatic heterocycles. The highest BCUT2D eigenvalue weighted by Gasteiger charge is 2.43. The van der Waals surface area contributed by atoms with Crippen LogP contribution in [0.2, 0.25) is 0 Å². The molecule has 0 aromatic carbocycles. The van der Waals surface area contributed by atoms with Crippen LogP contribution in [0.15, 0.2) is 4.99 Å². The Labute approximate surface area is 85.1 Å². The SMILES string of the molecule is NC(N)=NCCC[C@@](N)(C(=O)O)C(F)F. The van der Waals surface area contributed by atoms with E-state index in [2.05, 4.69) is 4.99 Å². The Morgan fingerprint density at radius 2 is 2.00 bits per heavy atom. The predicted octanol–water partition coefficient (Wildman–Crippen LogP) is -0.913. The molecule has 0 saturated heterocycles. The molecule has 0 fully saturated rings. The van der Waals surface area contributed by atoms with Gasteiger partial charge in [-0.15, -0.1) is 0 Å². The van der Waals surface area contributed by atoms with Crippen LogP contribution in [0.25, 0.3) is 0 Å². The molecule has 0 aliphatic rings. The van der Waals surface area contributed by atoms with Gasteiger partial charge in [0.05, 0.1) is 0 Å². The maximum atomic E-state index is 12.3. The third-order valence-electron chi connectivity index (χ3n) is 1.83. The van der Waals surface area contributed by atoms with Crippen molar-refractivity contribution in [2.24, 2.45) is 22.2 Å². The van der Waals surface area contributed by atoms with Gasteiger partial charge in [-0.2, -0.15) is 0 Å². The second kappa shape index (κ2) is 5.44. The number of aliphatic carboxylic acids is 1. The number of hydrogen-bond acceptors (Lipinski definition) is 3. The Morgan fingerprint density at radius 3 is 2.33 bits per heavy atom. The average molecular weight is 224 g/mol. The second-order valence-electron chi connectivity index (χ2n) is 3.06. The highest BCUT2D eigenvalue weighted by Crippen LogP contribution is 2.19. The van der Waals surface area contributed by atoms with Crippen molar-refractivity contribution in [2.45, 2.75) is 24.8 Å². The first kappa shape index (κ1) is 13.6. The standard InChI is InChI=1S/C7H14F2N4O2/c8-4(9)7(12,5(14)15)2-1-3-13-6(10)11/h4H,1-3,12H2,(H,14,15)(H4,10,11,13)/t7-/m0/s1. The Morgan fingerprint density at radius 1 is 1.47 bits per heavy atom. The van der Waals surface area contributed by atoms with Crippen molar-refractivity contribution in [1.29, 1.82) is 0 Å². The van der Waals surface area contributed by atoms with Crippen molar-refractivity contribution < 1.29 is 18.7 Å². The third-order valence-corrected chi connectivity index (χ3v) is 1.83. The number of halogens is 2. The van der Waals surface area contributed by atoms with Crippen LogP contribution in [0.3, 0.4) is 0 Å². The van der Waals surface area contributed by atoms with Crippen LogP contribution in [0.1, 0.15) is 12.8 Å². The molecule has 0 unspecified atom stereocenters. The van der Waals surface area contributed by atoms with E-state index in [4.69, 9.17) is 22.3 Å². The molecule has 0 aromatic rings. The van der Waals surface area contributed by atoms with Crippen LogP contribution in [-0.2, 0) is 4.79 Å². The molecule has 0 spiro atoms. The molecule has 0 rings (SSSR count). The number of alkyl halides is 2. The molecule has 15 heavy (non-hydrogen) atoms. The van der Waals surface area contributed by atoms with Gasteiger partial charge in [-0.1, -0.05) is 0 Å². The number of rotatable bonds is 6. The highest BCUT2D eigenvalue weighted by atomic mass is 19.3. The maximum Gasteiger partial charge on any atom is 0.329 e. The zero-order valence-electron chi connectivity index (χ0n) is 7.99. The summed E-state index contributed by atoms with van der Waals surface area (Å²) in [5.74, 6) is -1.91. The van der Waals surface area contributed by atoms with E-state index in [0.29, 0.717) is 0 Å². The molecule has 6 nitrogen and oxygen atoms in total. The van der Waals surface area contributed by atoms with Gasteiger partial charge in [0.2, 0.25) is 0 Å². The smallest absolute Gasteiger partial charge is 0.329 e. The van der Waals surface area contributed by atoms with E-state index >= 15 is 0 Å². The van der Waals surface area contributed by atoms with E-state index in [1.54, 1.807) is 0 Å². The lowest BCUT2D eigenvalue weighted by molar-refractivity contribution is -0.150. The lowest BCUT2D eigenvalue weighted by atomic mass is 9.95. The van der Waals surface area contributed by atoms with Crippen molar-refractivity contribution in [2.75, 3.05) is 6.54 Å². The molecule has 0 saturated carbocycles. The molecule has 0 heterocycles. The normalized spacial score (nSPS) is 14.7. The van der Waals surface area contributed by atoms with Crippen molar-refractivity contribution in [3.05, 3.63) is 0 Å². The topological polar surface area (TPSA) is 128 Å². The highest BCUT2D eigenvalue weighted by molar-refractivity contribution is 5.79. The quantitative estimate of drug-likeness (QED) is 0.264.